The zero-order chi connectivity index (χ0) is 17.2. The molecule has 3 nitrogen and oxygen atoms in total. The Morgan fingerprint density at radius 2 is 1.85 bits per heavy atom. The quantitative estimate of drug-likeness (QED) is 0.699. The lowest BCUT2D eigenvalue weighted by molar-refractivity contribution is -0.274. The second-order valence-electron chi connectivity index (χ2n) is 5.44. The van der Waals surface area contributed by atoms with Gasteiger partial charge in [0.2, 0.25) is 0 Å². The van der Waals surface area contributed by atoms with Crippen LogP contribution in [0.25, 0.3) is 0 Å². The van der Waals surface area contributed by atoms with Gasteiger partial charge < -0.3 is 10.1 Å². The first-order valence-electron chi connectivity index (χ1n) is 7.47. The van der Waals surface area contributed by atoms with Crippen LogP contribution < -0.4 is 10.1 Å². The molecule has 146 valence electrons. The Kier molecular flexibility index (Phi) is 8.99. The third-order valence-corrected chi connectivity index (χ3v) is 5.05. The Labute approximate surface area is 171 Å². The second kappa shape index (κ2) is 10.0. The zero-order valence-corrected chi connectivity index (χ0v) is 16.7. The summed E-state index contributed by atoms with van der Waals surface area (Å²) in [6.45, 7) is 3.48. The Bertz CT molecular complexity index is 680. The van der Waals surface area contributed by atoms with Gasteiger partial charge in [0.25, 0.3) is 0 Å². The van der Waals surface area contributed by atoms with E-state index in [2.05, 4.69) is 15.0 Å². The number of thiophene rings is 1. The van der Waals surface area contributed by atoms with E-state index in [1.54, 1.807) is 23.5 Å². The van der Waals surface area contributed by atoms with Crippen LogP contribution >= 0.6 is 47.8 Å². The summed E-state index contributed by atoms with van der Waals surface area (Å²) >= 11 is 7.65. The summed E-state index contributed by atoms with van der Waals surface area (Å²) < 4.78 is 41.2. The molecule has 0 amide bonds. The van der Waals surface area contributed by atoms with Crippen molar-refractivity contribution in [2.24, 2.45) is 0 Å². The minimum absolute atomic E-state index is 0. The maximum absolute atomic E-state index is 12.4. The average Bonchev–Trinajstić information content (AvgIpc) is 3.04. The van der Waals surface area contributed by atoms with Gasteiger partial charge >= 0.3 is 6.36 Å². The monoisotopic (exact) mass is 448 g/mol. The number of rotatable bonds is 4. The van der Waals surface area contributed by atoms with Crippen molar-refractivity contribution in [1.82, 2.24) is 10.2 Å². The molecule has 10 heteroatoms. The van der Waals surface area contributed by atoms with E-state index in [0.29, 0.717) is 0 Å². The number of halogens is 6. The summed E-state index contributed by atoms with van der Waals surface area (Å²) in [6.07, 6.45) is -4.75. The molecule has 1 aromatic carbocycles. The highest BCUT2D eigenvalue weighted by atomic mass is 35.5. The molecule has 1 aromatic heterocycles. The summed E-state index contributed by atoms with van der Waals surface area (Å²) in [4.78, 5) is 3.44. The molecular weight excluding hydrogens is 432 g/mol. The van der Waals surface area contributed by atoms with Crippen LogP contribution in [0.15, 0.2) is 35.7 Å². The van der Waals surface area contributed by atoms with Crippen LogP contribution in [0.2, 0.25) is 5.02 Å². The van der Waals surface area contributed by atoms with Gasteiger partial charge in [-0.1, -0.05) is 23.7 Å². The van der Waals surface area contributed by atoms with Gasteiger partial charge in [-0.2, -0.15) is 0 Å². The predicted molar refractivity (Wildman–Crippen MR) is 103 cm³/mol. The number of ether oxygens (including phenoxy) is 1. The van der Waals surface area contributed by atoms with E-state index < -0.39 is 6.36 Å². The van der Waals surface area contributed by atoms with Crippen molar-refractivity contribution in [3.8, 4) is 5.75 Å². The fourth-order valence-electron chi connectivity index (χ4n) is 2.84. The lowest BCUT2D eigenvalue weighted by atomic mass is 10.0. The van der Waals surface area contributed by atoms with Gasteiger partial charge in [0.1, 0.15) is 5.75 Å². The second-order valence-corrected chi connectivity index (χ2v) is 6.83. The fourth-order valence-corrected chi connectivity index (χ4v) is 3.95. The minimum Gasteiger partial charge on any atom is -0.404 e. The molecular formula is C16H18Cl3F3N2OS. The van der Waals surface area contributed by atoms with Crippen LogP contribution in [0.3, 0.4) is 0 Å². The lowest BCUT2D eigenvalue weighted by Crippen LogP contribution is -2.45. The van der Waals surface area contributed by atoms with Crippen LogP contribution in [0.5, 0.6) is 5.75 Å². The molecule has 0 unspecified atom stereocenters. The Morgan fingerprint density at radius 3 is 2.38 bits per heavy atom. The van der Waals surface area contributed by atoms with E-state index in [1.807, 2.05) is 17.5 Å². The van der Waals surface area contributed by atoms with Crippen LogP contribution in [0.1, 0.15) is 16.5 Å². The van der Waals surface area contributed by atoms with Crippen LogP contribution in [0.4, 0.5) is 13.2 Å². The topological polar surface area (TPSA) is 24.5 Å². The van der Waals surface area contributed by atoms with E-state index in [9.17, 15) is 13.2 Å². The summed E-state index contributed by atoms with van der Waals surface area (Å²) in [5.74, 6) is -0.377. The van der Waals surface area contributed by atoms with E-state index in [1.165, 1.54) is 6.07 Å². The number of nitrogens with one attached hydrogen (secondary N) is 1. The average molecular weight is 450 g/mol. The van der Waals surface area contributed by atoms with Crippen LogP contribution in [0, 0.1) is 0 Å². The molecule has 1 aliphatic rings. The predicted octanol–water partition coefficient (Wildman–Crippen LogP) is 5.14. The zero-order valence-electron chi connectivity index (χ0n) is 13.5. The van der Waals surface area contributed by atoms with Crippen molar-refractivity contribution in [1.29, 1.82) is 0 Å². The standard InChI is InChI=1S/C16H16ClF3N2OS.2ClH/c17-12-10-11(3-4-13(12)23-16(18,19)20)15(14-2-1-9-24-14)22-7-5-21-6-8-22;;/h1-4,9-10,15,21H,5-8H2;2*1H/t15-;;/m0../s1. The van der Waals surface area contributed by atoms with Gasteiger partial charge in [-0.15, -0.1) is 49.3 Å². The first kappa shape index (κ1) is 23.3. The molecule has 2 heterocycles. The summed E-state index contributed by atoms with van der Waals surface area (Å²) in [7, 11) is 0. The van der Waals surface area contributed by atoms with Crippen molar-refractivity contribution < 1.29 is 17.9 Å². The Hall–Kier alpha value is -0.700. The van der Waals surface area contributed by atoms with E-state index in [4.69, 9.17) is 11.6 Å². The Balaban J connectivity index is 0.00000169. The van der Waals surface area contributed by atoms with Crippen LogP contribution in [-0.4, -0.2) is 37.4 Å². The number of hydrogen-bond donors (Lipinski definition) is 1. The SMILES string of the molecule is Cl.Cl.FC(F)(F)Oc1ccc([C@@H](c2cccs2)N2CCNCC2)cc1Cl. The lowest BCUT2D eigenvalue weighted by Gasteiger charge is -2.35. The largest absolute Gasteiger partial charge is 0.573 e. The van der Waals surface area contributed by atoms with Gasteiger partial charge in [0.05, 0.1) is 11.1 Å². The van der Waals surface area contributed by atoms with Crippen LogP contribution in [-0.2, 0) is 0 Å². The molecule has 1 N–H and O–H groups in total. The minimum atomic E-state index is -4.75. The molecule has 1 aliphatic heterocycles. The van der Waals surface area contributed by atoms with E-state index in [0.717, 1.165) is 36.6 Å². The Morgan fingerprint density at radius 1 is 1.15 bits per heavy atom. The van der Waals surface area contributed by atoms with Gasteiger partial charge in [0.15, 0.2) is 0 Å². The fraction of sp³-hybridized carbons (Fsp3) is 0.375. The molecule has 26 heavy (non-hydrogen) atoms. The summed E-state index contributed by atoms with van der Waals surface area (Å²) in [5, 5.41) is 5.26. The van der Waals surface area contributed by atoms with Gasteiger partial charge in [0, 0.05) is 31.1 Å². The molecule has 1 atom stereocenters. The number of alkyl halides is 3. The third-order valence-electron chi connectivity index (χ3n) is 3.83. The number of benzene rings is 1. The maximum atomic E-state index is 12.4. The third kappa shape index (κ3) is 5.90. The summed E-state index contributed by atoms with van der Waals surface area (Å²) in [5.41, 5.74) is 0.860. The van der Waals surface area contributed by atoms with Crippen molar-refractivity contribution in [3.63, 3.8) is 0 Å². The molecule has 0 radical (unpaired) electrons. The van der Waals surface area contributed by atoms with Gasteiger partial charge in [-0.3, -0.25) is 4.90 Å². The first-order valence-corrected chi connectivity index (χ1v) is 8.73. The highest BCUT2D eigenvalue weighted by molar-refractivity contribution is 7.10. The van der Waals surface area contributed by atoms with Crippen molar-refractivity contribution in [2.45, 2.75) is 12.4 Å². The molecule has 3 rings (SSSR count). The number of nitrogens with zero attached hydrogens (tertiary/aromatic N) is 1. The van der Waals surface area contributed by atoms with E-state index in [-0.39, 0.29) is 41.6 Å². The summed E-state index contributed by atoms with van der Waals surface area (Å²) in [6, 6.07) is 8.48. The van der Waals surface area contributed by atoms with Crippen molar-refractivity contribution in [2.75, 3.05) is 26.2 Å². The molecule has 0 saturated carbocycles. The highest BCUT2D eigenvalue weighted by Gasteiger charge is 2.32. The number of hydrogen-bond acceptors (Lipinski definition) is 4. The molecule has 0 aliphatic carbocycles. The first-order chi connectivity index (χ1) is 11.4. The number of piperazine rings is 1. The molecule has 2 aromatic rings. The van der Waals surface area contributed by atoms with E-state index >= 15 is 0 Å². The molecule has 0 bridgehead atoms. The van der Waals surface area contributed by atoms with Gasteiger partial charge in [-0.05, 0) is 29.1 Å². The smallest absolute Gasteiger partial charge is 0.404 e. The maximum Gasteiger partial charge on any atom is 0.573 e. The normalized spacial score (nSPS) is 16.3. The molecule has 1 saturated heterocycles. The van der Waals surface area contributed by atoms with Gasteiger partial charge in [-0.25, -0.2) is 0 Å². The molecule has 1 fully saturated rings. The molecule has 0 spiro atoms. The van der Waals surface area contributed by atoms with Crippen molar-refractivity contribution in [3.05, 3.63) is 51.2 Å². The highest BCUT2D eigenvalue weighted by Crippen LogP contribution is 2.37. The van der Waals surface area contributed by atoms with Crippen molar-refractivity contribution >= 4 is 47.8 Å².